The van der Waals surface area contributed by atoms with Crippen molar-refractivity contribution in [2.24, 2.45) is 0 Å². The van der Waals surface area contributed by atoms with Crippen LogP contribution in [0, 0.1) is 0 Å². The summed E-state index contributed by atoms with van der Waals surface area (Å²) in [4.78, 5) is 66.8. The summed E-state index contributed by atoms with van der Waals surface area (Å²) >= 11 is 0. The van der Waals surface area contributed by atoms with E-state index >= 15 is 0 Å². The van der Waals surface area contributed by atoms with Crippen molar-refractivity contribution in [3.63, 3.8) is 0 Å². The minimum Gasteiger partial charge on any atom is -0.480 e. The summed E-state index contributed by atoms with van der Waals surface area (Å²) in [5.74, 6) is -4.66. The monoisotopic (exact) mass is 655 g/mol. The molecule has 0 saturated carbocycles. The number of hydrogen-bond donors (Lipinski definition) is 7. The molecule has 45 heavy (non-hydrogen) atoms. The zero-order valence-corrected chi connectivity index (χ0v) is 25.6. The van der Waals surface area contributed by atoms with Gasteiger partial charge in [-0.2, -0.15) is 0 Å². The number of rotatable bonds is 30. The summed E-state index contributed by atoms with van der Waals surface area (Å²) in [6.45, 7) is -3.08. The number of aliphatic hydroxyl groups excluding tert-OH is 4. The van der Waals surface area contributed by atoms with Crippen LogP contribution in [0.4, 0.5) is 0 Å². The lowest BCUT2D eigenvalue weighted by Gasteiger charge is -2.30. The molecule has 0 rings (SSSR count). The van der Waals surface area contributed by atoms with Crippen molar-refractivity contribution in [3.8, 4) is 0 Å². The van der Waals surface area contributed by atoms with E-state index in [1.54, 1.807) is 0 Å². The van der Waals surface area contributed by atoms with Gasteiger partial charge in [0.1, 0.15) is 0 Å². The highest BCUT2D eigenvalue weighted by Crippen LogP contribution is 2.01. The molecule has 0 aliphatic carbocycles. The Morgan fingerprint density at radius 1 is 0.400 bits per heavy atom. The predicted octanol–water partition coefficient (Wildman–Crippen LogP) is -5.19. The van der Waals surface area contributed by atoms with E-state index in [9.17, 15) is 49.5 Å². The molecular weight excluding hydrogens is 606 g/mol. The van der Waals surface area contributed by atoms with E-state index in [1.165, 1.54) is 24.5 Å². The summed E-state index contributed by atoms with van der Waals surface area (Å²) < 4.78 is 10.3. The zero-order chi connectivity index (χ0) is 34.0. The molecule has 0 fully saturated rings. The lowest BCUT2D eigenvalue weighted by atomic mass is 10.3. The predicted molar refractivity (Wildman–Crippen MR) is 155 cm³/mol. The summed E-state index contributed by atoms with van der Waals surface area (Å²) in [6, 6.07) is 0. The van der Waals surface area contributed by atoms with Crippen LogP contribution >= 0.6 is 0 Å². The molecule has 262 valence electrons. The number of ether oxygens (including phenoxy) is 2. The van der Waals surface area contributed by atoms with Crippen molar-refractivity contribution in [2.45, 2.75) is 0 Å². The highest BCUT2D eigenvalue weighted by atomic mass is 16.5. The van der Waals surface area contributed by atoms with Crippen LogP contribution in [0.25, 0.3) is 0 Å². The van der Waals surface area contributed by atoms with Crippen molar-refractivity contribution in [1.29, 1.82) is 0 Å². The molecule has 0 aliphatic heterocycles. The molecule has 0 unspecified atom stereocenters. The van der Waals surface area contributed by atoms with Crippen LogP contribution in [0.2, 0.25) is 0 Å². The van der Waals surface area contributed by atoms with Crippen molar-refractivity contribution >= 4 is 29.7 Å². The van der Waals surface area contributed by atoms with Gasteiger partial charge in [0.2, 0.25) is 11.8 Å². The van der Waals surface area contributed by atoms with E-state index < -0.39 is 49.4 Å². The van der Waals surface area contributed by atoms with Crippen molar-refractivity contribution in [1.82, 2.24) is 24.5 Å². The molecule has 0 atom stereocenters. The number of hydrogen-bond acceptors (Lipinski definition) is 14. The van der Waals surface area contributed by atoms with Crippen LogP contribution in [-0.4, -0.2) is 228 Å². The van der Waals surface area contributed by atoms with Gasteiger partial charge in [-0.3, -0.25) is 38.7 Å². The average molecular weight is 656 g/mol. The Balaban J connectivity index is 5.44. The molecule has 19 heteroatoms. The van der Waals surface area contributed by atoms with Crippen molar-refractivity contribution < 1.29 is 69.2 Å². The van der Waals surface area contributed by atoms with Crippen LogP contribution in [0.5, 0.6) is 0 Å². The van der Waals surface area contributed by atoms with E-state index in [4.69, 9.17) is 19.7 Å². The Hall–Kier alpha value is -3.01. The Kier molecular flexibility index (Phi) is 24.5. The van der Waals surface area contributed by atoms with Gasteiger partial charge in [-0.1, -0.05) is 0 Å². The SMILES string of the molecule is O=C(O)CN(CCN(CC(=O)O)CC(=O)N(CCO)CCOCCO)CCN(CC(=O)O)CC(=O)N(CCO)CCOCCO. The number of carboxylic acid groups (broad SMARTS) is 3. The third-order valence-electron chi connectivity index (χ3n) is 6.19. The molecule has 0 radical (unpaired) electrons. The first-order valence-corrected chi connectivity index (χ1v) is 14.4. The molecule has 0 aliphatic rings. The van der Waals surface area contributed by atoms with E-state index in [-0.39, 0.29) is 118 Å². The normalized spacial score (nSPS) is 11.4. The van der Waals surface area contributed by atoms with Crippen molar-refractivity contribution in [2.75, 3.05) is 138 Å². The Bertz CT molecular complexity index is 808. The van der Waals surface area contributed by atoms with Gasteiger partial charge in [0.25, 0.3) is 0 Å². The maximum absolute atomic E-state index is 12.9. The summed E-state index contributed by atoms with van der Waals surface area (Å²) in [5, 5.41) is 64.4. The summed E-state index contributed by atoms with van der Waals surface area (Å²) in [5.41, 5.74) is 0. The zero-order valence-electron chi connectivity index (χ0n) is 25.6. The topological polar surface area (TPSA) is 262 Å². The lowest BCUT2D eigenvalue weighted by Crippen LogP contribution is -2.49. The lowest BCUT2D eigenvalue weighted by molar-refractivity contribution is -0.141. The van der Waals surface area contributed by atoms with Gasteiger partial charge >= 0.3 is 17.9 Å². The third-order valence-corrected chi connectivity index (χ3v) is 6.19. The molecular formula is C26H49N5O14. The second-order valence-corrected chi connectivity index (χ2v) is 9.76. The molecule has 0 aromatic rings. The van der Waals surface area contributed by atoms with E-state index in [0.29, 0.717) is 0 Å². The van der Waals surface area contributed by atoms with E-state index in [2.05, 4.69) is 0 Å². The summed E-state index contributed by atoms with van der Waals surface area (Å²) in [7, 11) is 0. The minimum atomic E-state index is -1.23. The largest absolute Gasteiger partial charge is 0.480 e. The first-order valence-electron chi connectivity index (χ1n) is 14.4. The van der Waals surface area contributed by atoms with Gasteiger partial charge in [0.05, 0.1) is 85.6 Å². The number of carboxylic acids is 3. The number of carbonyl (C=O) groups excluding carboxylic acids is 2. The van der Waals surface area contributed by atoms with Crippen LogP contribution in [0.1, 0.15) is 0 Å². The number of amides is 2. The fraction of sp³-hybridized carbons (Fsp3) is 0.808. The van der Waals surface area contributed by atoms with Crippen LogP contribution in [-0.2, 0) is 33.4 Å². The third kappa shape index (κ3) is 22.2. The Morgan fingerprint density at radius 3 is 1.04 bits per heavy atom. The maximum Gasteiger partial charge on any atom is 0.317 e. The molecule has 0 saturated heterocycles. The van der Waals surface area contributed by atoms with Crippen LogP contribution in [0.15, 0.2) is 0 Å². The van der Waals surface area contributed by atoms with Gasteiger partial charge < -0.3 is 55.0 Å². The molecule has 0 bridgehead atoms. The number of aliphatic carboxylic acids is 3. The van der Waals surface area contributed by atoms with Crippen LogP contribution < -0.4 is 0 Å². The molecule has 0 aromatic heterocycles. The second-order valence-electron chi connectivity index (χ2n) is 9.76. The molecule has 19 nitrogen and oxygen atoms in total. The van der Waals surface area contributed by atoms with Gasteiger partial charge in [-0.05, 0) is 0 Å². The second kappa shape index (κ2) is 26.2. The fourth-order valence-corrected chi connectivity index (χ4v) is 4.07. The highest BCUT2D eigenvalue weighted by molar-refractivity contribution is 5.80. The Morgan fingerprint density at radius 2 is 0.733 bits per heavy atom. The van der Waals surface area contributed by atoms with Crippen molar-refractivity contribution in [3.05, 3.63) is 0 Å². The Labute approximate surface area is 261 Å². The molecule has 0 aromatic carbocycles. The van der Waals surface area contributed by atoms with Crippen LogP contribution in [0.3, 0.4) is 0 Å². The minimum absolute atomic E-state index is 0.0137. The number of nitrogens with zero attached hydrogens (tertiary/aromatic N) is 5. The molecule has 7 N–H and O–H groups in total. The van der Waals surface area contributed by atoms with Gasteiger partial charge in [-0.15, -0.1) is 0 Å². The average Bonchev–Trinajstić information content (AvgIpc) is 2.96. The summed E-state index contributed by atoms with van der Waals surface area (Å²) in [6.07, 6.45) is 0. The molecule has 0 spiro atoms. The van der Waals surface area contributed by atoms with Gasteiger partial charge in [0, 0.05) is 52.4 Å². The van der Waals surface area contributed by atoms with Gasteiger partial charge in [0.15, 0.2) is 0 Å². The smallest absolute Gasteiger partial charge is 0.317 e. The first-order chi connectivity index (χ1) is 21.5. The first kappa shape index (κ1) is 42.0. The van der Waals surface area contributed by atoms with E-state index in [1.807, 2.05) is 0 Å². The highest BCUT2D eigenvalue weighted by Gasteiger charge is 2.23. The molecule has 0 heterocycles. The van der Waals surface area contributed by atoms with E-state index in [0.717, 1.165) is 0 Å². The number of aliphatic hydroxyl groups is 4. The molecule has 2 amide bonds. The quantitative estimate of drug-likeness (QED) is 0.0357. The number of carbonyl (C=O) groups is 5. The fourth-order valence-electron chi connectivity index (χ4n) is 4.07. The standard InChI is InChI=1S/C26H49N5O14/c32-9-5-30(7-13-44-15-11-34)22(36)17-28(20-25(40)41)3-1-27(19-24(38)39)2-4-29(21-26(42)43)18-23(37)31(6-10-33)8-14-45-16-12-35/h32-35H,1-21H2,(H,38,39)(H,40,41)(H,42,43). The maximum atomic E-state index is 12.9. The van der Waals surface area contributed by atoms with Gasteiger partial charge in [-0.25, -0.2) is 0 Å².